The van der Waals surface area contributed by atoms with E-state index in [4.69, 9.17) is 15.2 Å². The molecule has 0 aromatic carbocycles. The number of nitrogens with two attached hydrogens (primary N) is 1. The van der Waals surface area contributed by atoms with E-state index in [-0.39, 0.29) is 55.2 Å². The Hall–Kier alpha value is -2.74. The van der Waals surface area contributed by atoms with Gasteiger partial charge >= 0.3 is 23.9 Å². The quantitative estimate of drug-likeness (QED) is 0.0285. The standard InChI is InChI=1S/C37H67NO12/c1-7-9-12-25(5)37(50-36(48)21-27(19-33(43)44)20-34(45)46)32(49-35(47)18-23(3)15-26(6)39)17-24(4)16-28(40)13-10-11-14-29(41)22-31(42)30(38)8-2/h23-25,27-32,37,39-42H,6-22,38H2,1-5H3,(H,43,44)(H,45,46). The van der Waals surface area contributed by atoms with Crippen LogP contribution in [0.3, 0.4) is 0 Å². The molecule has 0 amide bonds. The third-order valence-corrected chi connectivity index (χ3v) is 9.08. The molecule has 0 saturated carbocycles. The smallest absolute Gasteiger partial charge is 0.306 e. The Morgan fingerprint density at radius 3 is 1.72 bits per heavy atom. The Bertz CT molecular complexity index is 991. The third kappa shape index (κ3) is 22.9. The summed E-state index contributed by atoms with van der Waals surface area (Å²) in [6.07, 6.45) is 0.722. The van der Waals surface area contributed by atoms with Crippen molar-refractivity contribution < 1.29 is 59.3 Å². The second-order valence-electron chi connectivity index (χ2n) is 14.5. The molecule has 9 atom stereocenters. The van der Waals surface area contributed by atoms with Crippen molar-refractivity contribution in [3.63, 3.8) is 0 Å². The average Bonchev–Trinajstić information content (AvgIpc) is 2.98. The highest BCUT2D eigenvalue weighted by molar-refractivity contribution is 5.75. The molecule has 13 nitrogen and oxygen atoms in total. The molecule has 0 saturated heterocycles. The highest BCUT2D eigenvalue weighted by Gasteiger charge is 2.36. The molecule has 0 aliphatic rings. The maximum atomic E-state index is 13.2. The van der Waals surface area contributed by atoms with Crippen LogP contribution in [0.15, 0.2) is 12.3 Å². The Labute approximate surface area is 298 Å². The topological polar surface area (TPSA) is 234 Å². The van der Waals surface area contributed by atoms with E-state index in [9.17, 15) is 49.8 Å². The Morgan fingerprint density at radius 1 is 0.680 bits per heavy atom. The van der Waals surface area contributed by atoms with E-state index < -0.39 is 79.6 Å². The summed E-state index contributed by atoms with van der Waals surface area (Å²) in [5, 5.41) is 59.2. The molecule has 0 heterocycles. The molecule has 0 fully saturated rings. The maximum absolute atomic E-state index is 13.2. The predicted octanol–water partition coefficient (Wildman–Crippen LogP) is 5.27. The van der Waals surface area contributed by atoms with Crippen LogP contribution >= 0.6 is 0 Å². The van der Waals surface area contributed by atoms with Gasteiger partial charge in [0.2, 0.25) is 0 Å². The number of allylic oxidation sites excluding steroid dienone is 1. The Balaban J connectivity index is 5.81. The fourth-order valence-corrected chi connectivity index (χ4v) is 6.30. The minimum absolute atomic E-state index is 0.0242. The van der Waals surface area contributed by atoms with Gasteiger partial charge in [-0.1, -0.05) is 66.9 Å². The van der Waals surface area contributed by atoms with E-state index >= 15 is 0 Å². The summed E-state index contributed by atoms with van der Waals surface area (Å²) < 4.78 is 11.9. The zero-order chi connectivity index (χ0) is 38.4. The van der Waals surface area contributed by atoms with Gasteiger partial charge < -0.3 is 45.8 Å². The number of unbranched alkanes of at least 4 members (excludes halogenated alkanes) is 2. The lowest BCUT2D eigenvalue weighted by Gasteiger charge is -2.34. The first-order valence-corrected chi connectivity index (χ1v) is 18.4. The number of aliphatic hydroxyl groups excluding tert-OH is 4. The highest BCUT2D eigenvalue weighted by Crippen LogP contribution is 2.29. The number of carbonyl (C=O) groups is 4. The van der Waals surface area contributed by atoms with Gasteiger partial charge in [0.25, 0.3) is 0 Å². The molecule has 0 aromatic rings. The van der Waals surface area contributed by atoms with Crippen molar-refractivity contribution in [1.82, 2.24) is 0 Å². The molecular weight excluding hydrogens is 650 g/mol. The second-order valence-corrected chi connectivity index (χ2v) is 14.5. The molecule has 9 unspecified atom stereocenters. The minimum atomic E-state index is -1.23. The monoisotopic (exact) mass is 717 g/mol. The number of ether oxygens (including phenoxy) is 2. The number of carboxylic acids is 2. The fraction of sp³-hybridized carbons (Fsp3) is 0.838. The minimum Gasteiger partial charge on any atom is -0.513 e. The lowest BCUT2D eigenvalue weighted by atomic mass is 9.87. The molecule has 0 aliphatic carbocycles. The predicted molar refractivity (Wildman–Crippen MR) is 189 cm³/mol. The molecule has 292 valence electrons. The van der Waals surface area contributed by atoms with Gasteiger partial charge in [-0.15, -0.1) is 0 Å². The lowest BCUT2D eigenvalue weighted by Crippen LogP contribution is -2.41. The van der Waals surface area contributed by atoms with Crippen molar-refractivity contribution in [3.05, 3.63) is 12.3 Å². The molecule has 0 bridgehead atoms. The van der Waals surface area contributed by atoms with Gasteiger partial charge in [0.05, 0.1) is 24.1 Å². The van der Waals surface area contributed by atoms with E-state index in [0.29, 0.717) is 44.9 Å². The van der Waals surface area contributed by atoms with E-state index in [1.54, 1.807) is 6.92 Å². The van der Waals surface area contributed by atoms with Crippen molar-refractivity contribution in [1.29, 1.82) is 0 Å². The number of esters is 2. The van der Waals surface area contributed by atoms with Crippen molar-refractivity contribution in [3.8, 4) is 0 Å². The summed E-state index contributed by atoms with van der Waals surface area (Å²) in [6, 6.07) is -0.386. The summed E-state index contributed by atoms with van der Waals surface area (Å²) in [7, 11) is 0. The van der Waals surface area contributed by atoms with Crippen molar-refractivity contribution in [2.75, 3.05) is 0 Å². The number of rotatable bonds is 30. The second kappa shape index (κ2) is 26.1. The largest absolute Gasteiger partial charge is 0.513 e. The number of hydrogen-bond acceptors (Lipinski definition) is 11. The highest BCUT2D eigenvalue weighted by atomic mass is 16.6. The van der Waals surface area contributed by atoms with Crippen LogP contribution in [-0.4, -0.2) is 91.1 Å². The third-order valence-electron chi connectivity index (χ3n) is 9.08. The SMILES string of the molecule is C=C(O)CC(C)CC(=O)OC(CC(C)CC(O)CCCCC(O)CC(O)C(N)CC)C(OC(=O)CC(CC(=O)O)CC(=O)O)C(C)CCCC. The van der Waals surface area contributed by atoms with Gasteiger partial charge in [-0.2, -0.15) is 0 Å². The maximum Gasteiger partial charge on any atom is 0.306 e. The van der Waals surface area contributed by atoms with Crippen LogP contribution in [-0.2, 0) is 28.7 Å². The summed E-state index contributed by atoms with van der Waals surface area (Å²) in [5.41, 5.74) is 5.84. The molecule has 0 rings (SSSR count). The molecule has 0 radical (unpaired) electrons. The number of aliphatic carboxylic acids is 2. The van der Waals surface area contributed by atoms with Crippen LogP contribution in [0.2, 0.25) is 0 Å². The van der Waals surface area contributed by atoms with E-state index in [0.717, 1.165) is 12.8 Å². The first-order valence-electron chi connectivity index (χ1n) is 18.4. The van der Waals surface area contributed by atoms with Crippen molar-refractivity contribution >= 4 is 23.9 Å². The van der Waals surface area contributed by atoms with Gasteiger partial charge in [-0.3, -0.25) is 19.2 Å². The van der Waals surface area contributed by atoms with Gasteiger partial charge in [-0.05, 0) is 62.2 Å². The number of carboxylic acid groups (broad SMARTS) is 2. The van der Waals surface area contributed by atoms with Crippen LogP contribution in [0.1, 0.15) is 137 Å². The van der Waals surface area contributed by atoms with Crippen molar-refractivity contribution in [2.45, 2.75) is 174 Å². The summed E-state index contributed by atoms with van der Waals surface area (Å²) in [4.78, 5) is 49.0. The van der Waals surface area contributed by atoms with E-state index in [1.165, 1.54) is 0 Å². The number of hydrogen-bond donors (Lipinski definition) is 7. The normalized spacial score (nSPS) is 17.1. The van der Waals surface area contributed by atoms with Crippen LogP contribution in [0.25, 0.3) is 0 Å². The molecular formula is C37H67NO12. The van der Waals surface area contributed by atoms with E-state index in [1.807, 2.05) is 27.7 Å². The molecule has 8 N–H and O–H groups in total. The zero-order valence-corrected chi connectivity index (χ0v) is 31.0. The number of carbonyl (C=O) groups excluding carboxylic acids is 2. The average molecular weight is 718 g/mol. The lowest BCUT2D eigenvalue weighted by molar-refractivity contribution is -0.175. The van der Waals surface area contributed by atoms with Crippen LogP contribution in [0.4, 0.5) is 0 Å². The van der Waals surface area contributed by atoms with Crippen LogP contribution < -0.4 is 5.73 Å². The molecule has 13 heteroatoms. The summed E-state index contributed by atoms with van der Waals surface area (Å²) in [6.45, 7) is 12.9. The van der Waals surface area contributed by atoms with Gasteiger partial charge in [0, 0.05) is 44.6 Å². The summed E-state index contributed by atoms with van der Waals surface area (Å²) in [5.74, 6) is -5.56. The van der Waals surface area contributed by atoms with Crippen molar-refractivity contribution in [2.24, 2.45) is 29.4 Å². The Kier molecular flexibility index (Phi) is 24.7. The van der Waals surface area contributed by atoms with Crippen LogP contribution in [0.5, 0.6) is 0 Å². The fourth-order valence-electron chi connectivity index (χ4n) is 6.30. The van der Waals surface area contributed by atoms with Gasteiger partial charge in [-0.25, -0.2) is 0 Å². The zero-order valence-electron chi connectivity index (χ0n) is 31.0. The first kappa shape index (κ1) is 47.3. The van der Waals surface area contributed by atoms with E-state index in [2.05, 4.69) is 6.58 Å². The molecule has 0 spiro atoms. The summed E-state index contributed by atoms with van der Waals surface area (Å²) >= 11 is 0. The molecule has 0 aliphatic heterocycles. The Morgan fingerprint density at radius 2 is 1.22 bits per heavy atom. The number of aliphatic hydroxyl groups is 4. The molecule has 0 aromatic heterocycles. The van der Waals surface area contributed by atoms with Gasteiger partial charge in [0.15, 0.2) is 0 Å². The molecule has 50 heavy (non-hydrogen) atoms. The van der Waals surface area contributed by atoms with Gasteiger partial charge in [0.1, 0.15) is 12.2 Å². The van der Waals surface area contributed by atoms with Crippen LogP contribution in [0, 0.1) is 23.7 Å². The first-order chi connectivity index (χ1) is 23.4.